The Bertz CT molecular complexity index is 1490. The fourth-order valence-corrected chi connectivity index (χ4v) is 7.73. The molecule has 1 aromatic heterocycles. The van der Waals surface area contributed by atoms with Crippen molar-refractivity contribution in [1.82, 2.24) is 4.57 Å². The molecule has 2 atom stereocenters. The fraction of sp³-hybridized carbons (Fsp3) is 0.444. The van der Waals surface area contributed by atoms with E-state index in [0.29, 0.717) is 34.8 Å². The average Bonchev–Trinajstić information content (AvgIpc) is 3.10. The summed E-state index contributed by atoms with van der Waals surface area (Å²) in [5.74, 6) is -1.04. The van der Waals surface area contributed by atoms with Gasteiger partial charge in [-0.25, -0.2) is 13.2 Å². The lowest BCUT2D eigenvalue weighted by Crippen LogP contribution is -2.50. The minimum absolute atomic E-state index is 0.0826. The molecule has 0 spiro atoms. The summed E-state index contributed by atoms with van der Waals surface area (Å²) in [6.07, 6.45) is 0.0710. The van der Waals surface area contributed by atoms with Crippen LogP contribution in [-0.4, -0.2) is 41.5 Å². The summed E-state index contributed by atoms with van der Waals surface area (Å²) in [5, 5.41) is 11.8. The van der Waals surface area contributed by atoms with Crippen LogP contribution in [0.15, 0.2) is 30.3 Å². The fourth-order valence-electron chi connectivity index (χ4n) is 5.75. The summed E-state index contributed by atoms with van der Waals surface area (Å²) >= 11 is 6.19. The maximum atomic E-state index is 13.4. The molecule has 5 rings (SSSR count). The molecule has 0 amide bonds. The Labute approximate surface area is 216 Å². The number of carboxylic acids is 1. The van der Waals surface area contributed by atoms with E-state index >= 15 is 0 Å². The number of ether oxygens (including phenoxy) is 1. The maximum Gasteiger partial charge on any atom is 0.337 e. The molecule has 0 saturated carbocycles. The van der Waals surface area contributed by atoms with Crippen molar-refractivity contribution in [2.45, 2.75) is 71.8 Å². The van der Waals surface area contributed by atoms with Crippen LogP contribution in [0.4, 0.5) is 5.69 Å². The Balaban J connectivity index is 1.95. The van der Waals surface area contributed by atoms with Gasteiger partial charge in [0.1, 0.15) is 0 Å². The van der Waals surface area contributed by atoms with Crippen molar-refractivity contribution >= 4 is 44.2 Å². The molecular weight excluding hydrogens is 500 g/mol. The normalized spacial score (nSPS) is 19.8. The number of sulfonamides is 1. The Morgan fingerprint density at radius 2 is 1.86 bits per heavy atom. The van der Waals surface area contributed by atoms with Gasteiger partial charge in [-0.1, -0.05) is 23.7 Å². The zero-order valence-corrected chi connectivity index (χ0v) is 22.7. The SMILES string of the molecule is Cc1c([C@H](OC(C)(C)C)C(=O)O)c(-c2ccc(Cl)cc2)c2cc(C)n3c2c1N1C(CCCS1(=O)=O)C3. The van der Waals surface area contributed by atoms with Gasteiger partial charge in [0, 0.05) is 28.2 Å². The van der Waals surface area contributed by atoms with Crippen LogP contribution in [0, 0.1) is 13.8 Å². The first-order valence-electron chi connectivity index (χ1n) is 12.1. The molecule has 1 unspecified atom stereocenters. The van der Waals surface area contributed by atoms with Gasteiger partial charge >= 0.3 is 5.97 Å². The van der Waals surface area contributed by atoms with E-state index in [4.69, 9.17) is 16.3 Å². The number of halogens is 1. The second kappa shape index (κ2) is 8.50. The molecule has 2 aliphatic rings. The predicted molar refractivity (Wildman–Crippen MR) is 142 cm³/mol. The third-order valence-electron chi connectivity index (χ3n) is 7.10. The van der Waals surface area contributed by atoms with Gasteiger partial charge in [-0.2, -0.15) is 0 Å². The highest BCUT2D eigenvalue weighted by Crippen LogP contribution is 2.50. The molecule has 2 aromatic carbocycles. The summed E-state index contributed by atoms with van der Waals surface area (Å²) in [7, 11) is -3.55. The Hall–Kier alpha value is -2.55. The monoisotopic (exact) mass is 530 g/mol. The lowest BCUT2D eigenvalue weighted by Gasteiger charge is -2.42. The third kappa shape index (κ3) is 3.99. The second-order valence-corrected chi connectivity index (χ2v) is 13.2. The molecule has 0 aliphatic carbocycles. The molecule has 0 bridgehead atoms. The van der Waals surface area contributed by atoms with E-state index in [0.717, 1.165) is 34.1 Å². The first kappa shape index (κ1) is 25.1. The van der Waals surface area contributed by atoms with Crippen LogP contribution >= 0.6 is 11.6 Å². The standard InChI is InChI=1S/C27H31ClN2O5S/c1-15-13-20-22(17-8-10-18(28)11-9-17)21(25(26(31)32)35-27(3,4)5)16(2)23-24(20)29(15)14-19-7-6-12-36(33,34)30(19)23/h8-11,13,19,25H,6-7,12,14H2,1-5H3,(H,31,32)/t19?,25-/m0/s1. The number of hydrogen-bond donors (Lipinski definition) is 1. The summed E-state index contributed by atoms with van der Waals surface area (Å²) in [6, 6.07) is 9.12. The summed E-state index contributed by atoms with van der Waals surface area (Å²) < 4.78 is 36.7. The number of anilines is 1. The number of fused-ring (bicyclic) bond motifs is 2. The van der Waals surface area contributed by atoms with Crippen LogP contribution in [-0.2, 0) is 26.1 Å². The number of carboxylic acid groups (broad SMARTS) is 1. The van der Waals surface area contributed by atoms with E-state index in [-0.39, 0.29) is 11.8 Å². The minimum Gasteiger partial charge on any atom is -0.479 e. The number of rotatable bonds is 4. The van der Waals surface area contributed by atoms with Crippen molar-refractivity contribution in [3.8, 4) is 11.1 Å². The van der Waals surface area contributed by atoms with Gasteiger partial charge in [0.05, 0.1) is 28.6 Å². The molecule has 3 aromatic rings. The first-order valence-corrected chi connectivity index (χ1v) is 14.1. The molecular formula is C27H31ClN2O5S. The van der Waals surface area contributed by atoms with Crippen molar-refractivity contribution in [3.63, 3.8) is 0 Å². The van der Waals surface area contributed by atoms with Crippen LogP contribution in [0.2, 0.25) is 5.02 Å². The van der Waals surface area contributed by atoms with Gasteiger partial charge in [0.15, 0.2) is 6.10 Å². The highest BCUT2D eigenvalue weighted by molar-refractivity contribution is 7.92. The van der Waals surface area contributed by atoms with Crippen molar-refractivity contribution in [2.75, 3.05) is 10.1 Å². The molecule has 1 N–H and O–H groups in total. The lowest BCUT2D eigenvalue weighted by atomic mass is 9.87. The van der Waals surface area contributed by atoms with Gasteiger partial charge in [-0.05, 0) is 82.3 Å². The zero-order valence-electron chi connectivity index (χ0n) is 21.1. The maximum absolute atomic E-state index is 13.4. The zero-order chi connectivity index (χ0) is 26.2. The van der Waals surface area contributed by atoms with Gasteiger partial charge in [-0.15, -0.1) is 0 Å². The molecule has 0 radical (unpaired) electrons. The molecule has 192 valence electrons. The average molecular weight is 531 g/mol. The van der Waals surface area contributed by atoms with Crippen LogP contribution in [0.1, 0.15) is 56.5 Å². The quantitative estimate of drug-likeness (QED) is 0.458. The molecule has 1 saturated heterocycles. The highest BCUT2D eigenvalue weighted by Gasteiger charge is 2.43. The largest absolute Gasteiger partial charge is 0.479 e. The van der Waals surface area contributed by atoms with Crippen molar-refractivity contribution in [3.05, 3.63) is 52.2 Å². The Kier molecular flexibility index (Phi) is 5.93. The van der Waals surface area contributed by atoms with Crippen LogP contribution < -0.4 is 4.31 Å². The third-order valence-corrected chi connectivity index (χ3v) is 9.24. The summed E-state index contributed by atoms with van der Waals surface area (Å²) in [5.41, 5.74) is 4.26. The van der Waals surface area contributed by atoms with Gasteiger partial charge in [0.2, 0.25) is 10.0 Å². The van der Waals surface area contributed by atoms with Crippen LogP contribution in [0.5, 0.6) is 0 Å². The van der Waals surface area contributed by atoms with Gasteiger partial charge in [-0.3, -0.25) is 4.31 Å². The van der Waals surface area contributed by atoms with E-state index in [2.05, 4.69) is 4.57 Å². The summed E-state index contributed by atoms with van der Waals surface area (Å²) in [6.45, 7) is 9.85. The number of aromatic nitrogens is 1. The number of aliphatic carboxylic acids is 1. The smallest absolute Gasteiger partial charge is 0.337 e. The first-order chi connectivity index (χ1) is 16.8. The second-order valence-electron chi connectivity index (χ2n) is 10.8. The molecule has 9 heteroatoms. The minimum atomic E-state index is -3.55. The number of benzene rings is 2. The van der Waals surface area contributed by atoms with E-state index in [1.54, 1.807) is 16.4 Å². The van der Waals surface area contributed by atoms with E-state index < -0.39 is 27.7 Å². The van der Waals surface area contributed by atoms with Gasteiger partial charge in [0.25, 0.3) is 0 Å². The molecule has 3 heterocycles. The summed E-state index contributed by atoms with van der Waals surface area (Å²) in [4.78, 5) is 12.7. The lowest BCUT2D eigenvalue weighted by molar-refractivity contribution is -0.160. The van der Waals surface area contributed by atoms with E-state index in [1.807, 2.05) is 52.8 Å². The number of carbonyl (C=O) groups is 1. The molecule has 7 nitrogen and oxygen atoms in total. The molecule has 1 fully saturated rings. The molecule has 2 aliphatic heterocycles. The number of hydrogen-bond acceptors (Lipinski definition) is 4. The number of nitrogens with zero attached hydrogens (tertiary/aromatic N) is 2. The highest BCUT2D eigenvalue weighted by atomic mass is 35.5. The van der Waals surface area contributed by atoms with Crippen molar-refractivity contribution < 1.29 is 23.1 Å². The number of aryl methyl sites for hydroxylation is 1. The van der Waals surface area contributed by atoms with Crippen molar-refractivity contribution in [1.29, 1.82) is 0 Å². The van der Waals surface area contributed by atoms with Crippen molar-refractivity contribution in [2.24, 2.45) is 0 Å². The predicted octanol–water partition coefficient (Wildman–Crippen LogP) is 5.83. The Morgan fingerprint density at radius 3 is 2.47 bits per heavy atom. The van der Waals surface area contributed by atoms with Gasteiger partial charge < -0.3 is 14.4 Å². The van der Waals surface area contributed by atoms with E-state index in [9.17, 15) is 18.3 Å². The topological polar surface area (TPSA) is 88.8 Å². The van der Waals surface area contributed by atoms with E-state index in [1.165, 1.54) is 0 Å². The van der Waals surface area contributed by atoms with Crippen LogP contribution in [0.3, 0.4) is 0 Å². The Morgan fingerprint density at radius 1 is 1.19 bits per heavy atom. The van der Waals surface area contributed by atoms with Crippen LogP contribution in [0.25, 0.3) is 22.0 Å². The molecule has 36 heavy (non-hydrogen) atoms.